The number of nitrogens with one attached hydrogen (secondary N) is 1. The molecule has 0 unspecified atom stereocenters. The Morgan fingerprint density at radius 1 is 1.19 bits per heavy atom. The van der Waals surface area contributed by atoms with Gasteiger partial charge in [-0.3, -0.25) is 5.32 Å². The number of carbonyl (C=O) groups excluding carboxylic acids is 1. The van der Waals surface area contributed by atoms with Crippen LogP contribution in [0.15, 0.2) is 23.6 Å². The number of hydrogen-bond donors (Lipinski definition) is 2. The molecule has 0 spiro atoms. The second-order valence-corrected chi connectivity index (χ2v) is 6.63. The molecule has 120 valence electrons. The summed E-state index contributed by atoms with van der Waals surface area (Å²) in [6.07, 6.45) is 9.77. The summed E-state index contributed by atoms with van der Waals surface area (Å²) in [4.78, 5) is 11.8. The molecule has 1 rings (SSSR count). The number of carbonyl (C=O) groups is 1. The molecule has 0 atom stereocenters. The average molecular weight is 295 g/mol. The number of hydrogen-bond acceptors (Lipinski definition) is 3. The van der Waals surface area contributed by atoms with Gasteiger partial charge in [-0.1, -0.05) is 31.8 Å². The first-order chi connectivity index (χ1) is 9.81. The number of rotatable bonds is 3. The van der Waals surface area contributed by atoms with Gasteiger partial charge in [-0.2, -0.15) is 0 Å². The molecule has 4 heteroatoms. The molecule has 4 nitrogen and oxygen atoms in total. The van der Waals surface area contributed by atoms with Gasteiger partial charge in [-0.15, -0.1) is 0 Å². The zero-order chi connectivity index (χ0) is 15.9. The van der Waals surface area contributed by atoms with Gasteiger partial charge < -0.3 is 9.84 Å². The van der Waals surface area contributed by atoms with E-state index in [9.17, 15) is 9.90 Å². The van der Waals surface area contributed by atoms with Gasteiger partial charge >= 0.3 is 6.09 Å². The maximum absolute atomic E-state index is 11.8. The summed E-state index contributed by atoms with van der Waals surface area (Å²) in [6, 6.07) is 0. The minimum atomic E-state index is -0.532. The molecular formula is C17H29NO3. The number of amides is 1. The fourth-order valence-corrected chi connectivity index (χ4v) is 2.47. The van der Waals surface area contributed by atoms with Crippen molar-refractivity contribution in [1.29, 1.82) is 0 Å². The van der Waals surface area contributed by atoms with Crippen molar-refractivity contribution in [3.05, 3.63) is 23.6 Å². The Morgan fingerprint density at radius 3 is 2.24 bits per heavy atom. The van der Waals surface area contributed by atoms with Crippen LogP contribution in [0, 0.1) is 5.92 Å². The van der Waals surface area contributed by atoms with Crippen molar-refractivity contribution in [1.82, 2.24) is 5.32 Å². The third-order valence-electron chi connectivity index (χ3n) is 3.53. The molecule has 1 amide bonds. The second kappa shape index (κ2) is 8.11. The van der Waals surface area contributed by atoms with E-state index in [4.69, 9.17) is 4.74 Å². The topological polar surface area (TPSA) is 58.6 Å². The van der Waals surface area contributed by atoms with Gasteiger partial charge in [0.2, 0.25) is 0 Å². The summed E-state index contributed by atoms with van der Waals surface area (Å²) >= 11 is 0. The molecule has 21 heavy (non-hydrogen) atoms. The van der Waals surface area contributed by atoms with E-state index in [-0.39, 0.29) is 5.92 Å². The Hall–Kier alpha value is -1.45. The number of ether oxygens (including phenoxy) is 1. The van der Waals surface area contributed by atoms with Gasteiger partial charge in [0.05, 0.1) is 5.76 Å². The van der Waals surface area contributed by atoms with Crippen LogP contribution in [0.3, 0.4) is 0 Å². The van der Waals surface area contributed by atoms with Crippen LogP contribution in [0.4, 0.5) is 4.79 Å². The van der Waals surface area contributed by atoms with E-state index < -0.39 is 11.7 Å². The van der Waals surface area contributed by atoms with Crippen molar-refractivity contribution >= 4 is 6.09 Å². The summed E-state index contributed by atoms with van der Waals surface area (Å²) in [5, 5.41) is 12.9. The maximum Gasteiger partial charge on any atom is 0.412 e. The van der Waals surface area contributed by atoms with E-state index in [1.807, 2.05) is 27.7 Å². The Kier molecular flexibility index (Phi) is 6.79. The summed E-state index contributed by atoms with van der Waals surface area (Å²) in [5.41, 5.74) is 0.0432. The average Bonchev–Trinajstić information content (AvgIpc) is 2.64. The lowest BCUT2D eigenvalue weighted by Crippen LogP contribution is -2.31. The largest absolute Gasteiger partial charge is 0.512 e. The predicted molar refractivity (Wildman–Crippen MR) is 85.0 cm³/mol. The van der Waals surface area contributed by atoms with Crippen molar-refractivity contribution in [3.63, 3.8) is 0 Å². The lowest BCUT2D eigenvalue weighted by Gasteiger charge is -2.20. The molecule has 0 heterocycles. The Balaban J connectivity index is 2.63. The first-order valence-electron chi connectivity index (χ1n) is 7.88. The van der Waals surface area contributed by atoms with E-state index in [1.165, 1.54) is 12.8 Å². The van der Waals surface area contributed by atoms with Crippen LogP contribution in [0.25, 0.3) is 0 Å². The molecule has 0 bridgehead atoms. The van der Waals surface area contributed by atoms with Crippen molar-refractivity contribution in [3.8, 4) is 0 Å². The van der Waals surface area contributed by atoms with Crippen LogP contribution < -0.4 is 5.32 Å². The third kappa shape index (κ3) is 7.21. The van der Waals surface area contributed by atoms with Gasteiger partial charge in [-0.05, 0) is 46.6 Å². The summed E-state index contributed by atoms with van der Waals surface area (Å²) in [7, 11) is 0. The van der Waals surface area contributed by atoms with Crippen LogP contribution in [0.2, 0.25) is 0 Å². The minimum absolute atomic E-state index is 0.211. The van der Waals surface area contributed by atoms with E-state index in [2.05, 4.69) is 5.32 Å². The van der Waals surface area contributed by atoms with E-state index >= 15 is 0 Å². The smallest absolute Gasteiger partial charge is 0.412 e. The lowest BCUT2D eigenvalue weighted by atomic mass is 9.97. The van der Waals surface area contributed by atoms with Crippen LogP contribution in [0.5, 0.6) is 0 Å². The van der Waals surface area contributed by atoms with Crippen LogP contribution in [-0.2, 0) is 4.74 Å². The minimum Gasteiger partial charge on any atom is -0.512 e. The number of aliphatic hydroxyl groups is 1. The molecule has 1 aliphatic rings. The SMILES string of the molecule is C/C=C(\C=C(\O)C1CCCCCC1)NC(=O)OC(C)(C)C. The van der Waals surface area contributed by atoms with E-state index in [0.717, 1.165) is 25.7 Å². The standard InChI is InChI=1S/C17H29NO3/c1-5-14(18-16(20)21-17(2,3)4)12-15(19)13-10-8-6-7-9-11-13/h5,12-13,19H,6-11H2,1-4H3,(H,18,20)/b14-5+,15-12+. The molecule has 0 aromatic carbocycles. The fourth-order valence-electron chi connectivity index (χ4n) is 2.47. The quantitative estimate of drug-likeness (QED) is 0.445. The monoisotopic (exact) mass is 295 g/mol. The van der Waals surface area contributed by atoms with Crippen LogP contribution >= 0.6 is 0 Å². The van der Waals surface area contributed by atoms with Crippen molar-refractivity contribution in [2.75, 3.05) is 0 Å². The lowest BCUT2D eigenvalue weighted by molar-refractivity contribution is 0.0547. The Morgan fingerprint density at radius 2 is 1.76 bits per heavy atom. The highest BCUT2D eigenvalue weighted by molar-refractivity contribution is 5.70. The molecular weight excluding hydrogens is 266 g/mol. The first kappa shape index (κ1) is 17.6. The summed E-state index contributed by atoms with van der Waals surface area (Å²) in [6.45, 7) is 7.28. The molecule has 1 saturated carbocycles. The van der Waals surface area contributed by atoms with Gasteiger partial charge in [0.15, 0.2) is 0 Å². The van der Waals surface area contributed by atoms with Gasteiger partial charge in [-0.25, -0.2) is 4.79 Å². The Bertz CT molecular complexity index is 397. The zero-order valence-corrected chi connectivity index (χ0v) is 13.7. The number of allylic oxidation sites excluding steroid dienone is 3. The predicted octanol–water partition coefficient (Wildman–Crippen LogP) is 4.83. The molecule has 0 saturated heterocycles. The highest BCUT2D eigenvalue weighted by Gasteiger charge is 2.18. The normalized spacial score (nSPS) is 19.0. The van der Waals surface area contributed by atoms with Crippen molar-refractivity contribution in [2.24, 2.45) is 5.92 Å². The Labute approximate surface area is 128 Å². The zero-order valence-electron chi connectivity index (χ0n) is 13.7. The molecule has 0 aromatic rings. The van der Waals surface area contributed by atoms with Crippen molar-refractivity contribution in [2.45, 2.75) is 71.8 Å². The molecule has 1 aliphatic carbocycles. The molecule has 1 fully saturated rings. The number of alkyl carbamates (subject to hydrolysis) is 1. The molecule has 0 radical (unpaired) electrons. The molecule has 2 N–H and O–H groups in total. The highest BCUT2D eigenvalue weighted by atomic mass is 16.6. The van der Waals surface area contributed by atoms with E-state index in [0.29, 0.717) is 11.5 Å². The van der Waals surface area contributed by atoms with Gasteiger partial charge in [0, 0.05) is 11.6 Å². The second-order valence-electron chi connectivity index (χ2n) is 6.63. The van der Waals surface area contributed by atoms with Gasteiger partial charge in [0.25, 0.3) is 0 Å². The van der Waals surface area contributed by atoms with Crippen LogP contribution in [-0.4, -0.2) is 16.8 Å². The summed E-state index contributed by atoms with van der Waals surface area (Å²) in [5.74, 6) is 0.573. The maximum atomic E-state index is 11.8. The third-order valence-corrected chi connectivity index (χ3v) is 3.53. The molecule has 0 aromatic heterocycles. The van der Waals surface area contributed by atoms with E-state index in [1.54, 1.807) is 12.2 Å². The first-order valence-corrected chi connectivity index (χ1v) is 7.88. The van der Waals surface area contributed by atoms with Crippen molar-refractivity contribution < 1.29 is 14.6 Å². The highest BCUT2D eigenvalue weighted by Crippen LogP contribution is 2.27. The molecule has 0 aliphatic heterocycles. The number of aliphatic hydroxyl groups excluding tert-OH is 1. The van der Waals surface area contributed by atoms with Crippen LogP contribution in [0.1, 0.15) is 66.2 Å². The van der Waals surface area contributed by atoms with Gasteiger partial charge in [0.1, 0.15) is 5.60 Å². The fraction of sp³-hybridized carbons (Fsp3) is 0.706. The summed E-state index contributed by atoms with van der Waals surface area (Å²) < 4.78 is 5.22.